The summed E-state index contributed by atoms with van der Waals surface area (Å²) in [5.41, 5.74) is 2.32. The maximum Gasteiger partial charge on any atom is 0.293 e. The molecule has 1 aromatic rings. The average molecular weight is 233 g/mol. The van der Waals surface area contributed by atoms with E-state index in [1.807, 2.05) is 32.0 Å². The Morgan fingerprint density at radius 2 is 1.86 bits per heavy atom. The van der Waals surface area contributed by atoms with Gasteiger partial charge in [0.1, 0.15) is 0 Å². The minimum atomic E-state index is -3.26. The fraction of sp³-hybridized carbons (Fsp3) is 0.333. The van der Waals surface area contributed by atoms with Crippen LogP contribution in [0.15, 0.2) is 23.1 Å². The Morgan fingerprint density at radius 1 is 1.21 bits per heavy atom. The molecule has 1 radical (unpaired) electrons. The lowest BCUT2D eigenvalue weighted by Crippen LogP contribution is -1.88. The Labute approximate surface area is 88.4 Å². The summed E-state index contributed by atoms with van der Waals surface area (Å²) in [5, 5.41) is 0. The van der Waals surface area contributed by atoms with E-state index in [-0.39, 0.29) is 0 Å². The Balaban J connectivity index is 2.83. The van der Waals surface area contributed by atoms with Crippen LogP contribution in [0.1, 0.15) is 11.1 Å². The summed E-state index contributed by atoms with van der Waals surface area (Å²) in [6.45, 7) is 4.00. The van der Waals surface area contributed by atoms with Crippen molar-refractivity contribution in [3.05, 3.63) is 29.3 Å². The predicted molar refractivity (Wildman–Crippen MR) is 60.1 cm³/mol. The molecule has 0 saturated heterocycles. The first-order chi connectivity index (χ1) is 6.44. The second-order valence-electron chi connectivity index (χ2n) is 3.01. The van der Waals surface area contributed by atoms with E-state index < -0.39 is 7.15 Å². The van der Waals surface area contributed by atoms with Crippen molar-refractivity contribution in [1.82, 2.24) is 0 Å². The lowest BCUT2D eigenvalue weighted by atomic mass is 10.1. The Morgan fingerprint density at radius 3 is 2.36 bits per heavy atom. The molecule has 1 aromatic carbocycles. The van der Waals surface area contributed by atoms with Crippen LogP contribution in [0.4, 0.5) is 0 Å². The molecule has 0 spiro atoms. The molecule has 79 valence electrons. The van der Waals surface area contributed by atoms with Gasteiger partial charge in [-0.1, -0.05) is 6.07 Å². The molecule has 0 fully saturated rings. The van der Waals surface area contributed by atoms with E-state index in [9.17, 15) is 9.79 Å². The summed E-state index contributed by atoms with van der Waals surface area (Å²) in [5.74, 6) is 0. The minimum Gasteiger partial charge on any atom is -0.328 e. The maximum absolute atomic E-state index is 9.34. The van der Waals surface area contributed by atoms with Gasteiger partial charge in [0.05, 0.1) is 0 Å². The molecule has 5 heteroatoms. The summed E-state index contributed by atoms with van der Waals surface area (Å²) in [6.07, 6.45) is 0. The number of benzene rings is 1. The van der Waals surface area contributed by atoms with Crippen LogP contribution >= 0.6 is 18.5 Å². The van der Waals surface area contributed by atoms with Gasteiger partial charge in [0.25, 0.3) is 7.15 Å². The van der Waals surface area contributed by atoms with Gasteiger partial charge in [0, 0.05) is 12.0 Å². The fourth-order valence-corrected chi connectivity index (χ4v) is 3.04. The average Bonchev–Trinajstić information content (AvgIpc) is 2.11. The zero-order valence-electron chi connectivity index (χ0n) is 8.39. The van der Waals surface area contributed by atoms with Crippen LogP contribution in [0.3, 0.4) is 0 Å². The molecule has 2 N–H and O–H groups in total. The van der Waals surface area contributed by atoms with Gasteiger partial charge in [-0.25, -0.2) is 0 Å². The molecule has 0 aliphatic heterocycles. The molecule has 0 aromatic heterocycles. The summed E-state index contributed by atoms with van der Waals surface area (Å²) >= 11 is 0.969. The standard InChI is InChI=1S/C9H14O3PS/c1-7-4-5-9(6-8(7)2)14-13(10,11)12-3/h4-6,10-11H,1-3H3. The van der Waals surface area contributed by atoms with Crippen LogP contribution in [-0.4, -0.2) is 16.9 Å². The zero-order chi connectivity index (χ0) is 10.8. The molecule has 0 atom stereocenters. The third kappa shape index (κ3) is 3.23. The van der Waals surface area contributed by atoms with E-state index in [0.29, 0.717) is 0 Å². The van der Waals surface area contributed by atoms with Gasteiger partial charge in [0.15, 0.2) is 0 Å². The van der Waals surface area contributed by atoms with Crippen molar-refractivity contribution in [1.29, 1.82) is 0 Å². The summed E-state index contributed by atoms with van der Waals surface area (Å²) < 4.78 is 4.60. The van der Waals surface area contributed by atoms with E-state index >= 15 is 0 Å². The normalized spacial score (nSPS) is 11.8. The molecule has 0 aliphatic rings. The monoisotopic (exact) mass is 233 g/mol. The molecule has 1 rings (SSSR count). The largest absolute Gasteiger partial charge is 0.328 e. The van der Waals surface area contributed by atoms with E-state index in [0.717, 1.165) is 21.8 Å². The summed E-state index contributed by atoms with van der Waals surface area (Å²) in [7, 11) is -1.97. The second kappa shape index (κ2) is 4.60. The molecule has 0 unspecified atom stereocenters. The molecule has 3 nitrogen and oxygen atoms in total. The maximum atomic E-state index is 9.34. The van der Waals surface area contributed by atoms with Crippen molar-refractivity contribution in [3.8, 4) is 0 Å². The number of aryl methyl sites for hydroxylation is 2. The quantitative estimate of drug-likeness (QED) is 0.788. The molecule has 0 amide bonds. The highest BCUT2D eigenvalue weighted by molar-refractivity contribution is 8.57. The highest BCUT2D eigenvalue weighted by atomic mass is 32.7. The van der Waals surface area contributed by atoms with Crippen LogP contribution in [0.5, 0.6) is 0 Å². The SMILES string of the molecule is CO[P](O)(O)Sc1ccc(C)c(C)c1. The van der Waals surface area contributed by atoms with E-state index in [1.54, 1.807) is 0 Å². The third-order valence-corrected chi connectivity index (χ3v) is 4.91. The summed E-state index contributed by atoms with van der Waals surface area (Å²) in [6, 6.07) is 5.72. The van der Waals surface area contributed by atoms with Gasteiger partial charge < -0.3 is 14.3 Å². The van der Waals surface area contributed by atoms with Gasteiger partial charge >= 0.3 is 0 Å². The first-order valence-corrected chi connectivity index (χ1v) is 7.15. The smallest absolute Gasteiger partial charge is 0.293 e. The van der Waals surface area contributed by atoms with Gasteiger partial charge in [-0.3, -0.25) is 0 Å². The Bertz CT molecular complexity index is 328. The first kappa shape index (κ1) is 12.0. The fourth-order valence-electron chi connectivity index (χ4n) is 0.945. The Hall–Kier alpha value is -0.120. The van der Waals surface area contributed by atoms with Crippen molar-refractivity contribution >= 4 is 18.5 Å². The molecular weight excluding hydrogens is 219 g/mol. The van der Waals surface area contributed by atoms with Crippen LogP contribution < -0.4 is 0 Å². The first-order valence-electron chi connectivity index (χ1n) is 4.12. The number of rotatable bonds is 3. The molecule has 0 aliphatic carbocycles. The van der Waals surface area contributed by atoms with Crippen molar-refractivity contribution in [2.75, 3.05) is 7.11 Å². The molecule has 14 heavy (non-hydrogen) atoms. The lowest BCUT2D eigenvalue weighted by molar-refractivity contribution is 0.302. The highest BCUT2D eigenvalue weighted by Gasteiger charge is 2.22. The Kier molecular flexibility index (Phi) is 3.93. The third-order valence-electron chi connectivity index (χ3n) is 1.94. The van der Waals surface area contributed by atoms with E-state index in [4.69, 9.17) is 0 Å². The van der Waals surface area contributed by atoms with Crippen LogP contribution in [0.25, 0.3) is 0 Å². The van der Waals surface area contributed by atoms with Gasteiger partial charge in [0.2, 0.25) is 0 Å². The van der Waals surface area contributed by atoms with Gasteiger partial charge in [-0.05, 0) is 48.5 Å². The highest BCUT2D eigenvalue weighted by Crippen LogP contribution is 2.65. The molecule has 0 saturated carbocycles. The number of hydrogen-bond acceptors (Lipinski definition) is 4. The van der Waals surface area contributed by atoms with Crippen LogP contribution in [0.2, 0.25) is 0 Å². The summed E-state index contributed by atoms with van der Waals surface area (Å²) in [4.78, 5) is 19.5. The molecule has 0 bridgehead atoms. The minimum absolute atomic E-state index is 0.813. The van der Waals surface area contributed by atoms with Crippen molar-refractivity contribution in [3.63, 3.8) is 0 Å². The van der Waals surface area contributed by atoms with Crippen molar-refractivity contribution in [2.24, 2.45) is 0 Å². The predicted octanol–water partition coefficient (Wildman–Crippen LogP) is 2.70. The van der Waals surface area contributed by atoms with E-state index in [2.05, 4.69) is 4.52 Å². The second-order valence-corrected chi connectivity index (χ2v) is 6.99. The molecular formula is C9H14O3PS. The van der Waals surface area contributed by atoms with Gasteiger partial charge in [-0.15, -0.1) is 0 Å². The van der Waals surface area contributed by atoms with Crippen LogP contribution in [-0.2, 0) is 4.52 Å². The molecule has 0 heterocycles. The lowest BCUT2D eigenvalue weighted by Gasteiger charge is -2.19. The topological polar surface area (TPSA) is 49.7 Å². The zero-order valence-corrected chi connectivity index (χ0v) is 10.1. The van der Waals surface area contributed by atoms with Crippen molar-refractivity contribution in [2.45, 2.75) is 18.7 Å². The van der Waals surface area contributed by atoms with E-state index in [1.165, 1.54) is 12.7 Å². The van der Waals surface area contributed by atoms with Gasteiger partial charge in [-0.2, -0.15) is 0 Å². The van der Waals surface area contributed by atoms with Crippen molar-refractivity contribution < 1.29 is 14.3 Å². The number of hydrogen-bond donors (Lipinski definition) is 2. The van der Waals surface area contributed by atoms with Crippen LogP contribution in [0, 0.1) is 13.8 Å².